The molecule has 1 aliphatic carbocycles. The van der Waals surface area contributed by atoms with E-state index in [1.165, 1.54) is 0 Å². The predicted octanol–water partition coefficient (Wildman–Crippen LogP) is 2.61. The van der Waals surface area contributed by atoms with Gasteiger partial charge in [0.05, 0.1) is 7.11 Å². The quantitative estimate of drug-likeness (QED) is 0.878. The molecule has 1 aromatic rings. The minimum absolute atomic E-state index is 0.116. The third kappa shape index (κ3) is 1.60. The van der Waals surface area contributed by atoms with E-state index in [1.54, 1.807) is 13.2 Å². The summed E-state index contributed by atoms with van der Waals surface area (Å²) in [6, 6.07) is 3.69. The molecule has 0 aliphatic heterocycles. The highest BCUT2D eigenvalue weighted by Crippen LogP contribution is 2.59. The summed E-state index contributed by atoms with van der Waals surface area (Å²) < 4.78 is 6.00. The lowest BCUT2D eigenvalue weighted by Gasteiger charge is -2.10. The van der Waals surface area contributed by atoms with Crippen molar-refractivity contribution in [2.45, 2.75) is 25.8 Å². The molecule has 0 bridgehead atoms. The van der Waals surface area contributed by atoms with Crippen molar-refractivity contribution in [3.8, 4) is 11.5 Å². The van der Waals surface area contributed by atoms with Crippen molar-refractivity contribution in [1.29, 1.82) is 0 Å². The van der Waals surface area contributed by atoms with E-state index in [-0.39, 0.29) is 17.2 Å². The molecule has 1 fully saturated rings. The van der Waals surface area contributed by atoms with Crippen LogP contribution in [0.3, 0.4) is 0 Å². The monoisotopic (exact) mass is 285 g/mol. The summed E-state index contributed by atoms with van der Waals surface area (Å²) >= 11 is 3.46. The summed E-state index contributed by atoms with van der Waals surface area (Å²) in [5.74, 6) is 0.953. The van der Waals surface area contributed by atoms with Crippen LogP contribution in [0.5, 0.6) is 11.5 Å². The number of phenolic OH excluding ortho intramolecular Hbond substituents is 1. The van der Waals surface area contributed by atoms with Gasteiger partial charge in [-0.15, -0.1) is 0 Å². The Morgan fingerprint density at radius 3 is 2.44 bits per heavy atom. The normalized spacial score (nSPS) is 26.6. The van der Waals surface area contributed by atoms with E-state index in [2.05, 4.69) is 29.8 Å². The van der Waals surface area contributed by atoms with Gasteiger partial charge in [0.2, 0.25) is 0 Å². The summed E-state index contributed by atoms with van der Waals surface area (Å²) in [6.45, 7) is 4.29. The summed E-state index contributed by atoms with van der Waals surface area (Å²) in [7, 11) is 1.55. The Balaban J connectivity index is 2.43. The molecule has 1 aromatic carbocycles. The van der Waals surface area contributed by atoms with Crippen molar-refractivity contribution in [3.63, 3.8) is 0 Å². The van der Waals surface area contributed by atoms with Gasteiger partial charge in [0.15, 0.2) is 11.5 Å². The molecule has 2 atom stereocenters. The van der Waals surface area contributed by atoms with Gasteiger partial charge in [-0.25, -0.2) is 0 Å². The van der Waals surface area contributed by atoms with E-state index < -0.39 is 0 Å². The number of rotatable bonds is 2. The van der Waals surface area contributed by atoms with Gasteiger partial charge in [-0.2, -0.15) is 0 Å². The Hall–Kier alpha value is -0.740. The van der Waals surface area contributed by atoms with Crippen LogP contribution in [0, 0.1) is 5.41 Å². The first-order valence-electron chi connectivity index (χ1n) is 5.21. The zero-order chi connectivity index (χ0) is 12.1. The van der Waals surface area contributed by atoms with Crippen molar-refractivity contribution < 1.29 is 9.84 Å². The predicted molar refractivity (Wildman–Crippen MR) is 66.9 cm³/mol. The minimum Gasteiger partial charge on any atom is -0.504 e. The van der Waals surface area contributed by atoms with E-state index >= 15 is 0 Å². The topological polar surface area (TPSA) is 55.5 Å². The lowest BCUT2D eigenvalue weighted by molar-refractivity contribution is 0.372. The fraction of sp³-hybridized carbons (Fsp3) is 0.500. The van der Waals surface area contributed by atoms with Crippen molar-refractivity contribution in [3.05, 3.63) is 22.2 Å². The summed E-state index contributed by atoms with van der Waals surface area (Å²) in [5.41, 5.74) is 7.27. The van der Waals surface area contributed by atoms with Crippen molar-refractivity contribution in [1.82, 2.24) is 0 Å². The molecule has 1 saturated carbocycles. The number of ether oxygens (including phenoxy) is 1. The zero-order valence-electron chi connectivity index (χ0n) is 9.62. The van der Waals surface area contributed by atoms with Crippen LogP contribution in [0.2, 0.25) is 0 Å². The Kier molecular flexibility index (Phi) is 2.67. The SMILES string of the molecule is COc1cc(C2C(N)C2(C)C)c(Br)cc1O. The first-order chi connectivity index (χ1) is 7.39. The van der Waals surface area contributed by atoms with Gasteiger partial charge in [-0.3, -0.25) is 0 Å². The highest BCUT2D eigenvalue weighted by molar-refractivity contribution is 9.10. The molecule has 88 valence electrons. The molecule has 0 saturated heterocycles. The average Bonchev–Trinajstić information content (AvgIpc) is 2.68. The number of nitrogens with two attached hydrogens (primary N) is 1. The standard InChI is InChI=1S/C12H16BrNO2/c1-12(2)10(11(12)14)6-4-9(16-3)8(15)5-7(6)13/h4-5,10-11,15H,14H2,1-3H3. The van der Waals surface area contributed by atoms with Gasteiger partial charge >= 0.3 is 0 Å². The van der Waals surface area contributed by atoms with E-state index in [0.717, 1.165) is 10.0 Å². The number of aromatic hydroxyl groups is 1. The van der Waals surface area contributed by atoms with Gasteiger partial charge in [-0.1, -0.05) is 29.8 Å². The number of phenols is 1. The van der Waals surface area contributed by atoms with Crippen molar-refractivity contribution in [2.75, 3.05) is 7.11 Å². The van der Waals surface area contributed by atoms with Crippen LogP contribution in [-0.2, 0) is 0 Å². The Morgan fingerprint density at radius 1 is 1.44 bits per heavy atom. The Labute approximate surface area is 104 Å². The Bertz CT molecular complexity index is 431. The molecule has 4 heteroatoms. The van der Waals surface area contributed by atoms with Crippen LogP contribution < -0.4 is 10.5 Å². The first-order valence-corrected chi connectivity index (χ1v) is 6.01. The molecular weight excluding hydrogens is 270 g/mol. The molecular formula is C12H16BrNO2. The molecule has 0 heterocycles. The molecule has 16 heavy (non-hydrogen) atoms. The lowest BCUT2D eigenvalue weighted by atomic mass is 10.0. The molecule has 0 spiro atoms. The van der Waals surface area contributed by atoms with Crippen LogP contribution in [0.25, 0.3) is 0 Å². The maximum Gasteiger partial charge on any atom is 0.160 e. The first kappa shape index (κ1) is 11.7. The van der Waals surface area contributed by atoms with Gasteiger partial charge in [-0.05, 0) is 23.1 Å². The number of benzene rings is 1. The fourth-order valence-corrected chi connectivity index (χ4v) is 2.81. The molecule has 2 unspecified atom stereocenters. The van der Waals surface area contributed by atoms with Gasteiger partial charge < -0.3 is 15.6 Å². The second-order valence-corrected chi connectivity index (χ2v) is 5.72. The smallest absolute Gasteiger partial charge is 0.160 e. The average molecular weight is 286 g/mol. The number of halogens is 1. The van der Waals surface area contributed by atoms with Crippen LogP contribution in [0.1, 0.15) is 25.3 Å². The molecule has 0 aromatic heterocycles. The largest absolute Gasteiger partial charge is 0.504 e. The maximum absolute atomic E-state index is 9.63. The van der Waals surface area contributed by atoms with E-state index in [0.29, 0.717) is 11.7 Å². The summed E-state index contributed by atoms with van der Waals surface area (Å²) in [5, 5.41) is 9.63. The van der Waals surface area contributed by atoms with Gasteiger partial charge in [0.25, 0.3) is 0 Å². The second kappa shape index (κ2) is 3.64. The van der Waals surface area contributed by atoms with Gasteiger partial charge in [0, 0.05) is 16.4 Å². The lowest BCUT2D eigenvalue weighted by Crippen LogP contribution is -2.06. The second-order valence-electron chi connectivity index (χ2n) is 4.87. The zero-order valence-corrected chi connectivity index (χ0v) is 11.2. The van der Waals surface area contributed by atoms with E-state index in [4.69, 9.17) is 10.5 Å². The van der Waals surface area contributed by atoms with Crippen LogP contribution in [0.4, 0.5) is 0 Å². The Morgan fingerprint density at radius 2 is 2.00 bits per heavy atom. The minimum atomic E-state index is 0.116. The highest BCUT2D eigenvalue weighted by atomic mass is 79.9. The third-order valence-electron chi connectivity index (χ3n) is 3.54. The van der Waals surface area contributed by atoms with Crippen LogP contribution in [-0.4, -0.2) is 18.3 Å². The summed E-state index contributed by atoms with van der Waals surface area (Å²) in [6.07, 6.45) is 0. The maximum atomic E-state index is 9.63. The van der Waals surface area contributed by atoms with Crippen molar-refractivity contribution >= 4 is 15.9 Å². The molecule has 3 nitrogen and oxygen atoms in total. The molecule has 2 rings (SSSR count). The number of hydrogen-bond acceptors (Lipinski definition) is 3. The van der Waals surface area contributed by atoms with E-state index in [1.807, 2.05) is 6.07 Å². The molecule has 0 radical (unpaired) electrons. The third-order valence-corrected chi connectivity index (χ3v) is 4.23. The van der Waals surface area contributed by atoms with Crippen LogP contribution in [0.15, 0.2) is 16.6 Å². The van der Waals surface area contributed by atoms with Crippen molar-refractivity contribution in [2.24, 2.45) is 11.1 Å². The van der Waals surface area contributed by atoms with E-state index in [9.17, 15) is 5.11 Å². The number of methoxy groups -OCH3 is 1. The highest BCUT2D eigenvalue weighted by Gasteiger charge is 2.56. The van der Waals surface area contributed by atoms with Gasteiger partial charge in [0.1, 0.15) is 0 Å². The molecule has 0 amide bonds. The number of hydrogen-bond donors (Lipinski definition) is 2. The molecule has 3 N–H and O–H groups in total. The fourth-order valence-electron chi connectivity index (χ4n) is 2.23. The summed E-state index contributed by atoms with van der Waals surface area (Å²) in [4.78, 5) is 0. The molecule has 1 aliphatic rings. The van der Waals surface area contributed by atoms with Crippen LogP contribution >= 0.6 is 15.9 Å².